The zero-order valence-electron chi connectivity index (χ0n) is 15.1. The first-order chi connectivity index (χ1) is 11.6. The Kier molecular flexibility index (Phi) is 7.25. The summed E-state index contributed by atoms with van der Waals surface area (Å²) in [7, 11) is 4.10. The largest absolute Gasteiger partial charge is 0.407 e. The van der Waals surface area contributed by atoms with Gasteiger partial charge in [0, 0.05) is 25.4 Å². The number of pyridine rings is 1. The summed E-state index contributed by atoms with van der Waals surface area (Å²) in [5, 5.41) is 0.929. The van der Waals surface area contributed by atoms with Crippen LogP contribution in [0, 0.1) is 0 Å². The molecule has 0 aliphatic heterocycles. The van der Waals surface area contributed by atoms with Gasteiger partial charge in [0.25, 0.3) is 0 Å². The van der Waals surface area contributed by atoms with E-state index < -0.39 is 0 Å². The zero-order chi connectivity index (χ0) is 17.4. The molecule has 0 bridgehead atoms. The summed E-state index contributed by atoms with van der Waals surface area (Å²) in [5.41, 5.74) is 2.10. The summed E-state index contributed by atoms with van der Waals surface area (Å²) in [6.45, 7) is 3.12. The van der Waals surface area contributed by atoms with Gasteiger partial charge in [-0.25, -0.2) is 4.98 Å². The van der Waals surface area contributed by atoms with Gasteiger partial charge in [-0.15, -0.1) is 0 Å². The molecule has 2 aromatic rings. The van der Waals surface area contributed by atoms with Crippen molar-refractivity contribution in [3.05, 3.63) is 24.0 Å². The van der Waals surface area contributed by atoms with Gasteiger partial charge in [-0.05, 0) is 38.6 Å². The minimum atomic E-state index is -0.189. The molecule has 0 amide bonds. The van der Waals surface area contributed by atoms with Crippen molar-refractivity contribution in [2.75, 3.05) is 20.6 Å². The highest BCUT2D eigenvalue weighted by Gasteiger charge is 2.14. The molecule has 0 unspecified atom stereocenters. The number of hydrogen-bond donors (Lipinski definition) is 1. The first-order valence-electron chi connectivity index (χ1n) is 8.92. The van der Waals surface area contributed by atoms with Crippen LogP contribution < -0.4 is 4.74 Å². The van der Waals surface area contributed by atoms with Crippen LogP contribution in [0.3, 0.4) is 0 Å². The minimum absolute atomic E-state index is 0.189. The number of aromatic nitrogens is 2. The molecule has 2 rings (SSSR count). The molecule has 0 fully saturated rings. The lowest BCUT2D eigenvalue weighted by atomic mass is 10.1. The van der Waals surface area contributed by atoms with Crippen LogP contribution in [0.4, 0.5) is 0 Å². The molecule has 0 atom stereocenters. The van der Waals surface area contributed by atoms with E-state index in [1.54, 1.807) is 6.20 Å². The average Bonchev–Trinajstić information content (AvgIpc) is 2.97. The Bertz CT molecular complexity index is 649. The molecule has 0 aliphatic carbocycles. The lowest BCUT2D eigenvalue weighted by molar-refractivity contribution is -0.134. The van der Waals surface area contributed by atoms with Crippen LogP contribution in [0.25, 0.3) is 10.9 Å². The smallest absolute Gasteiger partial charge is 0.312 e. The molecule has 0 aliphatic rings. The number of hydrogen-bond acceptors (Lipinski definition) is 4. The summed E-state index contributed by atoms with van der Waals surface area (Å²) in [5.74, 6) is 0.243. The number of H-pyrrole nitrogens is 1. The molecule has 5 nitrogen and oxygen atoms in total. The Morgan fingerprint density at radius 1 is 1.25 bits per heavy atom. The Labute approximate surface area is 144 Å². The highest BCUT2D eigenvalue weighted by atomic mass is 16.5. The molecule has 5 heteroatoms. The van der Waals surface area contributed by atoms with Crippen LogP contribution in [0.15, 0.2) is 18.5 Å². The maximum atomic E-state index is 12.1. The zero-order valence-corrected chi connectivity index (χ0v) is 15.1. The predicted octanol–water partition coefficient (Wildman–Crippen LogP) is 3.93. The quantitative estimate of drug-likeness (QED) is 0.529. The van der Waals surface area contributed by atoms with Crippen molar-refractivity contribution in [2.45, 2.75) is 51.9 Å². The summed E-state index contributed by atoms with van der Waals surface area (Å²) in [6, 6.07) is 1.91. The van der Waals surface area contributed by atoms with Gasteiger partial charge in [-0.1, -0.05) is 32.6 Å². The SMILES string of the molecule is CCCCCCCC(=O)Oc1nccc2[nH]cc(CCN(C)C)c12. The van der Waals surface area contributed by atoms with Crippen LogP contribution in [-0.2, 0) is 11.2 Å². The number of carbonyl (C=O) groups excluding carboxylic acids is 1. The van der Waals surface area contributed by atoms with Gasteiger partial charge in [0.15, 0.2) is 0 Å². The van der Waals surface area contributed by atoms with E-state index in [4.69, 9.17) is 4.74 Å². The molecular formula is C19H29N3O2. The number of esters is 1. The fourth-order valence-electron chi connectivity index (χ4n) is 2.76. The van der Waals surface area contributed by atoms with Gasteiger partial charge in [0.05, 0.1) is 10.9 Å². The maximum absolute atomic E-state index is 12.1. The average molecular weight is 331 g/mol. The summed E-state index contributed by atoms with van der Waals surface area (Å²) in [6.07, 6.45) is 10.6. The van der Waals surface area contributed by atoms with E-state index in [-0.39, 0.29) is 5.97 Å². The summed E-state index contributed by atoms with van der Waals surface area (Å²) in [4.78, 5) is 21.8. The standard InChI is InChI=1S/C19H29N3O2/c1-4-5-6-7-8-9-17(23)24-19-18-15(11-13-22(2)3)14-21-16(18)10-12-20-19/h10,12,14,21H,4-9,11,13H2,1-3H3. The topological polar surface area (TPSA) is 58.2 Å². The number of carbonyl (C=O) groups is 1. The number of ether oxygens (including phenoxy) is 1. The van der Waals surface area contributed by atoms with E-state index >= 15 is 0 Å². The Balaban J connectivity index is 2.00. The Morgan fingerprint density at radius 2 is 2.04 bits per heavy atom. The third-order valence-electron chi connectivity index (χ3n) is 4.16. The second-order valence-electron chi connectivity index (χ2n) is 6.54. The first-order valence-corrected chi connectivity index (χ1v) is 8.92. The van der Waals surface area contributed by atoms with Crippen LogP contribution in [-0.4, -0.2) is 41.5 Å². The molecule has 132 valence electrons. The van der Waals surface area contributed by atoms with E-state index in [9.17, 15) is 4.79 Å². The first kappa shape index (κ1) is 18.5. The highest BCUT2D eigenvalue weighted by molar-refractivity contribution is 5.89. The third kappa shape index (κ3) is 5.34. The van der Waals surface area contributed by atoms with E-state index in [2.05, 4.69) is 21.8 Å². The summed E-state index contributed by atoms with van der Waals surface area (Å²) >= 11 is 0. The molecule has 2 heterocycles. The number of rotatable bonds is 10. The van der Waals surface area contributed by atoms with Gasteiger partial charge in [0.2, 0.25) is 5.88 Å². The summed E-state index contributed by atoms with van der Waals surface area (Å²) < 4.78 is 5.56. The van der Waals surface area contributed by atoms with Gasteiger partial charge in [-0.3, -0.25) is 4.79 Å². The molecule has 0 saturated carbocycles. The normalized spacial score (nSPS) is 11.3. The number of nitrogens with zero attached hydrogens (tertiary/aromatic N) is 2. The van der Waals surface area contributed by atoms with E-state index in [0.29, 0.717) is 12.3 Å². The van der Waals surface area contributed by atoms with E-state index in [1.807, 2.05) is 26.4 Å². The lowest BCUT2D eigenvalue weighted by Gasteiger charge is -2.09. The van der Waals surface area contributed by atoms with Crippen LogP contribution in [0.2, 0.25) is 0 Å². The Hall–Kier alpha value is -1.88. The van der Waals surface area contributed by atoms with Crippen LogP contribution in [0.1, 0.15) is 51.0 Å². The minimum Gasteiger partial charge on any atom is -0.407 e. The highest BCUT2D eigenvalue weighted by Crippen LogP contribution is 2.27. The van der Waals surface area contributed by atoms with Crippen molar-refractivity contribution in [2.24, 2.45) is 0 Å². The number of unbranched alkanes of at least 4 members (excludes halogenated alkanes) is 4. The Morgan fingerprint density at radius 3 is 2.79 bits per heavy atom. The predicted molar refractivity (Wildman–Crippen MR) is 97.4 cm³/mol. The number of aromatic amines is 1. The van der Waals surface area contributed by atoms with Gasteiger partial charge < -0.3 is 14.6 Å². The lowest BCUT2D eigenvalue weighted by Crippen LogP contribution is -2.15. The third-order valence-corrected chi connectivity index (χ3v) is 4.16. The van der Waals surface area contributed by atoms with Gasteiger partial charge >= 0.3 is 5.97 Å². The van der Waals surface area contributed by atoms with Crippen molar-refractivity contribution in [1.82, 2.24) is 14.9 Å². The second-order valence-corrected chi connectivity index (χ2v) is 6.54. The van der Waals surface area contributed by atoms with Gasteiger partial charge in [-0.2, -0.15) is 0 Å². The van der Waals surface area contributed by atoms with Crippen molar-refractivity contribution < 1.29 is 9.53 Å². The van der Waals surface area contributed by atoms with Crippen LogP contribution in [0.5, 0.6) is 5.88 Å². The molecule has 2 aromatic heterocycles. The monoisotopic (exact) mass is 331 g/mol. The molecule has 0 radical (unpaired) electrons. The van der Waals surface area contributed by atoms with Gasteiger partial charge in [0.1, 0.15) is 0 Å². The van der Waals surface area contributed by atoms with E-state index in [1.165, 1.54) is 19.3 Å². The van der Waals surface area contributed by atoms with E-state index in [0.717, 1.165) is 42.3 Å². The fraction of sp³-hybridized carbons (Fsp3) is 0.579. The number of likely N-dealkylation sites (N-methyl/N-ethyl adjacent to an activating group) is 1. The molecule has 0 spiro atoms. The number of fused-ring (bicyclic) bond motifs is 1. The van der Waals surface area contributed by atoms with Crippen LogP contribution >= 0.6 is 0 Å². The molecule has 1 N–H and O–H groups in total. The maximum Gasteiger partial charge on any atom is 0.312 e. The molecule has 0 aromatic carbocycles. The van der Waals surface area contributed by atoms with Crippen molar-refractivity contribution in [3.8, 4) is 5.88 Å². The second kappa shape index (κ2) is 9.42. The molecule has 0 saturated heterocycles. The van der Waals surface area contributed by atoms with Crippen molar-refractivity contribution in [3.63, 3.8) is 0 Å². The van der Waals surface area contributed by atoms with Crippen molar-refractivity contribution >= 4 is 16.9 Å². The van der Waals surface area contributed by atoms with Crippen molar-refractivity contribution in [1.29, 1.82) is 0 Å². The molecule has 24 heavy (non-hydrogen) atoms. The fourth-order valence-corrected chi connectivity index (χ4v) is 2.76. The molecular weight excluding hydrogens is 302 g/mol. The number of nitrogens with one attached hydrogen (secondary N) is 1.